The zero-order chi connectivity index (χ0) is 50.2. The Morgan fingerprint density at radius 1 is 0.426 bits per heavy atom. The Labute approximate surface area is 398 Å². The van der Waals surface area contributed by atoms with Gasteiger partial charge in [0, 0.05) is 65.8 Å². The van der Waals surface area contributed by atoms with Crippen LogP contribution in [0.3, 0.4) is 0 Å². The van der Waals surface area contributed by atoms with E-state index in [-0.39, 0.29) is 19.8 Å². The van der Waals surface area contributed by atoms with Gasteiger partial charge in [0.1, 0.15) is 73.1 Å². The lowest BCUT2D eigenvalue weighted by Gasteiger charge is -2.42. The van der Waals surface area contributed by atoms with Crippen LogP contribution in [0.25, 0.3) is 0 Å². The third-order valence-electron chi connectivity index (χ3n) is 11.7. The van der Waals surface area contributed by atoms with Gasteiger partial charge in [-0.05, 0) is 57.8 Å². The Balaban J connectivity index is 1.42. The van der Waals surface area contributed by atoms with E-state index in [4.69, 9.17) is 42.6 Å². The molecule has 68 heavy (non-hydrogen) atoms. The van der Waals surface area contributed by atoms with Gasteiger partial charge in [-0.1, -0.05) is 6.92 Å². The molecular weight excluding hydrogens is 906 g/mol. The Morgan fingerprint density at radius 2 is 0.676 bits per heavy atom. The number of nitrogens with one attached hydrogen (secondary N) is 3. The van der Waals surface area contributed by atoms with Crippen molar-refractivity contribution in [3.8, 4) is 0 Å². The molecule has 15 atom stereocenters. The Kier molecular flexibility index (Phi) is 28.1. The van der Waals surface area contributed by atoms with Gasteiger partial charge in [0.15, 0.2) is 18.9 Å². The molecule has 0 bridgehead atoms. The fourth-order valence-corrected chi connectivity index (χ4v) is 7.97. The highest BCUT2D eigenvalue weighted by Gasteiger charge is 2.47. The highest BCUT2D eigenvalue weighted by molar-refractivity contribution is 5.74. The first-order chi connectivity index (χ1) is 32.5. The minimum Gasteiger partial charge on any atom is -0.394 e. The number of ether oxygens (including phenoxy) is 9. The molecule has 24 heteroatoms. The molecule has 398 valence electrons. The molecule has 6 unspecified atom stereocenters. The highest BCUT2D eigenvalue weighted by atomic mass is 16.7. The largest absolute Gasteiger partial charge is 0.394 e. The van der Waals surface area contributed by atoms with E-state index in [9.17, 15) is 60.3 Å². The predicted octanol–water partition coefficient (Wildman–Crippen LogP) is -3.57. The summed E-state index contributed by atoms with van der Waals surface area (Å²) < 4.78 is 52.5. The number of aliphatic hydroxyl groups is 9. The molecule has 3 fully saturated rings. The van der Waals surface area contributed by atoms with Crippen LogP contribution in [0.15, 0.2) is 0 Å². The molecule has 3 amide bonds. The minimum absolute atomic E-state index is 0.228. The number of hydrogen-bond donors (Lipinski definition) is 12. The van der Waals surface area contributed by atoms with E-state index in [0.717, 1.165) is 19.3 Å². The molecular formula is C44H81N3O21. The summed E-state index contributed by atoms with van der Waals surface area (Å²) >= 11 is 0. The summed E-state index contributed by atoms with van der Waals surface area (Å²) in [5, 5.41) is 98.4. The molecule has 3 rings (SSSR count). The monoisotopic (exact) mass is 988 g/mol. The zero-order valence-corrected chi connectivity index (χ0v) is 39.9. The lowest BCUT2D eigenvalue weighted by Crippen LogP contribution is -2.64. The van der Waals surface area contributed by atoms with Gasteiger partial charge in [0.05, 0.1) is 39.6 Å². The summed E-state index contributed by atoms with van der Waals surface area (Å²) in [5.74, 6) is -1.31. The standard InChI is InChI=1S/C44H81N3O21/c1-26(51)45-32-38(57)35(54)29(20-48)66-41(32)63-17-11-5-8-14-60-23-44(4,24-61-15-9-6-12-18-64-42-33(46-27(2)52)39(58)36(55)30(21-49)67-42)25-62-16-10-7-13-19-65-43-34(47-28(3)53)40(59)37(56)31(22-50)68-43/h29-43,48-50,54-59H,5-25H2,1-4H3,(H,45,51)(H,46,52)(H,47,53)/t29?,30?,31?,32-,33-,34-,35-,36-,37-,38?,39?,40?,41+,42+,43+,44?/m0/s1. The van der Waals surface area contributed by atoms with Crippen molar-refractivity contribution in [1.82, 2.24) is 16.0 Å². The maximum absolute atomic E-state index is 11.7. The minimum atomic E-state index is -1.40. The molecule has 3 heterocycles. The van der Waals surface area contributed by atoms with E-state index in [0.29, 0.717) is 78.2 Å². The molecule has 24 nitrogen and oxygen atoms in total. The molecule has 3 saturated heterocycles. The first-order valence-corrected chi connectivity index (χ1v) is 23.7. The molecule has 0 aromatic heterocycles. The summed E-state index contributed by atoms with van der Waals surface area (Å²) in [7, 11) is 0. The van der Waals surface area contributed by atoms with Crippen molar-refractivity contribution in [1.29, 1.82) is 0 Å². The van der Waals surface area contributed by atoms with Crippen LogP contribution in [0.1, 0.15) is 85.5 Å². The van der Waals surface area contributed by atoms with Crippen molar-refractivity contribution < 1.29 is 103 Å². The Morgan fingerprint density at radius 3 is 0.912 bits per heavy atom. The third-order valence-corrected chi connectivity index (χ3v) is 11.7. The number of amides is 3. The van der Waals surface area contributed by atoms with Crippen molar-refractivity contribution in [3.63, 3.8) is 0 Å². The van der Waals surface area contributed by atoms with Gasteiger partial charge in [0.25, 0.3) is 0 Å². The van der Waals surface area contributed by atoms with Gasteiger partial charge < -0.3 is 105 Å². The molecule has 0 radical (unpaired) electrons. The molecule has 0 aromatic carbocycles. The normalized spacial score (nSPS) is 32.9. The Bertz CT molecular complexity index is 1260. The zero-order valence-electron chi connectivity index (χ0n) is 39.9. The van der Waals surface area contributed by atoms with Crippen LogP contribution in [-0.4, -0.2) is 235 Å². The summed E-state index contributed by atoms with van der Waals surface area (Å²) in [6, 6.07) is -3.04. The Hall–Kier alpha value is -2.31. The summed E-state index contributed by atoms with van der Waals surface area (Å²) in [4.78, 5) is 35.1. The number of rotatable bonds is 33. The van der Waals surface area contributed by atoms with Gasteiger partial charge in [-0.25, -0.2) is 0 Å². The fourth-order valence-electron chi connectivity index (χ4n) is 7.97. The van der Waals surface area contributed by atoms with Crippen LogP contribution in [0.4, 0.5) is 0 Å². The molecule has 12 N–H and O–H groups in total. The van der Waals surface area contributed by atoms with Crippen LogP contribution < -0.4 is 16.0 Å². The molecule has 0 aromatic rings. The second kappa shape index (κ2) is 31.9. The van der Waals surface area contributed by atoms with Crippen LogP contribution in [0, 0.1) is 5.41 Å². The van der Waals surface area contributed by atoms with Gasteiger partial charge >= 0.3 is 0 Å². The first-order valence-electron chi connectivity index (χ1n) is 23.7. The first kappa shape index (κ1) is 60.0. The molecule has 0 saturated carbocycles. The number of carbonyl (C=O) groups excluding carboxylic acids is 3. The fraction of sp³-hybridized carbons (Fsp3) is 0.932. The predicted molar refractivity (Wildman–Crippen MR) is 236 cm³/mol. The van der Waals surface area contributed by atoms with Gasteiger partial charge in [-0.3, -0.25) is 14.4 Å². The average Bonchev–Trinajstić information content (AvgIpc) is 3.29. The van der Waals surface area contributed by atoms with Crippen LogP contribution in [-0.2, 0) is 57.0 Å². The molecule has 3 aliphatic rings. The van der Waals surface area contributed by atoms with Gasteiger partial charge in [0.2, 0.25) is 17.7 Å². The van der Waals surface area contributed by atoms with Gasteiger partial charge in [-0.2, -0.15) is 0 Å². The number of carbonyl (C=O) groups is 3. The second-order valence-electron chi connectivity index (χ2n) is 18.1. The quantitative estimate of drug-likeness (QED) is 0.0283. The van der Waals surface area contributed by atoms with E-state index in [1.165, 1.54) is 20.8 Å². The maximum atomic E-state index is 11.7. The lowest BCUT2D eigenvalue weighted by atomic mass is 9.94. The summed E-state index contributed by atoms with van der Waals surface area (Å²) in [6.07, 6.45) is -8.70. The van der Waals surface area contributed by atoms with E-state index in [1.807, 2.05) is 6.92 Å². The molecule has 0 spiro atoms. The summed E-state index contributed by atoms with van der Waals surface area (Å²) in [6.45, 7) is 7.20. The van der Waals surface area contributed by atoms with Crippen LogP contribution in [0.2, 0.25) is 0 Å². The molecule has 0 aliphatic carbocycles. The van der Waals surface area contributed by atoms with Crippen molar-refractivity contribution in [2.45, 2.75) is 177 Å². The van der Waals surface area contributed by atoms with Crippen LogP contribution in [0.5, 0.6) is 0 Å². The van der Waals surface area contributed by atoms with E-state index < -0.39 is 135 Å². The van der Waals surface area contributed by atoms with E-state index in [2.05, 4.69) is 16.0 Å². The van der Waals surface area contributed by atoms with Crippen molar-refractivity contribution in [3.05, 3.63) is 0 Å². The number of unbranched alkanes of at least 4 members (excludes halogenated alkanes) is 6. The van der Waals surface area contributed by atoms with Crippen molar-refractivity contribution in [2.75, 3.05) is 79.3 Å². The van der Waals surface area contributed by atoms with Gasteiger partial charge in [-0.15, -0.1) is 0 Å². The lowest BCUT2D eigenvalue weighted by molar-refractivity contribution is -0.270. The topological polar surface area (TPSA) is 352 Å². The van der Waals surface area contributed by atoms with E-state index in [1.54, 1.807) is 0 Å². The van der Waals surface area contributed by atoms with E-state index >= 15 is 0 Å². The maximum Gasteiger partial charge on any atom is 0.217 e. The third kappa shape index (κ3) is 20.1. The highest BCUT2D eigenvalue weighted by Crippen LogP contribution is 2.26. The molecule has 3 aliphatic heterocycles. The van der Waals surface area contributed by atoms with Crippen LogP contribution >= 0.6 is 0 Å². The number of aliphatic hydroxyl groups excluding tert-OH is 9. The SMILES string of the molecule is CC(=O)N[C@H]1C(O)[C@@H](O)C(CO)O[C@H]1OCCCCCOCC(C)(COCCCCCO[C@@H]1OC(CO)[C@H](O)C(O)[C@@H]1NC(C)=O)COCCCCCO[C@@H]1OC(CO)[C@H](O)C(O)[C@@H]1NC(C)=O. The van der Waals surface area contributed by atoms with Crippen molar-refractivity contribution >= 4 is 17.7 Å². The van der Waals surface area contributed by atoms with Crippen molar-refractivity contribution in [2.24, 2.45) is 5.41 Å². The summed E-state index contributed by atoms with van der Waals surface area (Å²) in [5.41, 5.74) is -0.515. The smallest absolute Gasteiger partial charge is 0.217 e. The number of hydrogen-bond acceptors (Lipinski definition) is 21. The average molecular weight is 988 g/mol. The second-order valence-corrected chi connectivity index (χ2v) is 18.1.